The highest BCUT2D eigenvalue weighted by molar-refractivity contribution is 7.91. The van der Waals surface area contributed by atoms with Crippen LogP contribution in [0, 0.1) is 11.7 Å². The van der Waals surface area contributed by atoms with Crippen LogP contribution in [0.4, 0.5) is 10.1 Å². The van der Waals surface area contributed by atoms with E-state index in [0.717, 1.165) is 17.7 Å². The third kappa shape index (κ3) is 6.18. The van der Waals surface area contributed by atoms with Gasteiger partial charge in [0.25, 0.3) is 0 Å². The molecule has 8 heteroatoms. The lowest BCUT2D eigenvalue weighted by molar-refractivity contribution is -0.137. The van der Waals surface area contributed by atoms with Gasteiger partial charge in [-0.2, -0.15) is 0 Å². The van der Waals surface area contributed by atoms with E-state index in [2.05, 4.69) is 5.32 Å². The molecular weight excluding hydrogens is 373 g/mol. The van der Waals surface area contributed by atoms with E-state index in [4.69, 9.17) is 5.11 Å². The van der Waals surface area contributed by atoms with Crippen molar-refractivity contribution in [2.45, 2.75) is 24.7 Å². The molecule has 0 spiro atoms. The van der Waals surface area contributed by atoms with Gasteiger partial charge in [-0.1, -0.05) is 19.1 Å². The molecular formula is C19H20FNO5S. The zero-order valence-electron chi connectivity index (χ0n) is 14.7. The molecule has 2 aromatic carbocycles. The van der Waals surface area contributed by atoms with E-state index in [1.54, 1.807) is 24.3 Å². The third-order valence-electron chi connectivity index (χ3n) is 3.91. The number of nitrogens with one attached hydrogen (secondary N) is 1. The molecule has 1 amide bonds. The van der Waals surface area contributed by atoms with Crippen LogP contribution < -0.4 is 5.32 Å². The van der Waals surface area contributed by atoms with Gasteiger partial charge in [0.2, 0.25) is 5.91 Å². The maximum Gasteiger partial charge on any atom is 0.303 e. The average molecular weight is 393 g/mol. The monoisotopic (exact) mass is 393 g/mol. The predicted octanol–water partition coefficient (Wildman–Crippen LogP) is 2.89. The molecule has 2 rings (SSSR count). The molecule has 0 bridgehead atoms. The fraction of sp³-hybridized carbons (Fsp3) is 0.263. The van der Waals surface area contributed by atoms with Crippen molar-refractivity contribution < 1.29 is 27.5 Å². The normalized spacial score (nSPS) is 12.4. The lowest BCUT2D eigenvalue weighted by Crippen LogP contribution is -2.27. The molecule has 0 saturated carbocycles. The van der Waals surface area contributed by atoms with Crippen LogP contribution in [0.5, 0.6) is 0 Å². The van der Waals surface area contributed by atoms with Gasteiger partial charge in [-0.25, -0.2) is 12.8 Å². The summed E-state index contributed by atoms with van der Waals surface area (Å²) in [6, 6.07) is 11.2. The Morgan fingerprint density at radius 1 is 1.15 bits per heavy atom. The van der Waals surface area contributed by atoms with Gasteiger partial charge in [0.15, 0.2) is 9.84 Å². The summed E-state index contributed by atoms with van der Waals surface area (Å²) >= 11 is 0. The molecule has 0 heterocycles. The fourth-order valence-electron chi connectivity index (χ4n) is 2.46. The fourth-order valence-corrected chi connectivity index (χ4v) is 4.02. The van der Waals surface area contributed by atoms with E-state index in [0.29, 0.717) is 12.1 Å². The van der Waals surface area contributed by atoms with E-state index in [1.165, 1.54) is 19.1 Å². The van der Waals surface area contributed by atoms with Gasteiger partial charge in [0.1, 0.15) is 5.82 Å². The van der Waals surface area contributed by atoms with Crippen molar-refractivity contribution in [2.24, 2.45) is 5.92 Å². The summed E-state index contributed by atoms with van der Waals surface area (Å²) in [5.41, 5.74) is 1.22. The molecule has 6 nitrogen and oxygen atoms in total. The number of benzene rings is 2. The highest BCUT2D eigenvalue weighted by Crippen LogP contribution is 2.17. The molecule has 0 aliphatic heterocycles. The summed E-state index contributed by atoms with van der Waals surface area (Å²) in [6.45, 7) is 1.49. The van der Waals surface area contributed by atoms with Gasteiger partial charge in [0, 0.05) is 18.0 Å². The van der Waals surface area contributed by atoms with Crippen LogP contribution >= 0.6 is 0 Å². The minimum Gasteiger partial charge on any atom is -0.481 e. The number of aliphatic carboxylic acids is 1. The van der Waals surface area contributed by atoms with Crippen molar-refractivity contribution >= 4 is 27.4 Å². The van der Waals surface area contributed by atoms with E-state index in [1.807, 2.05) is 0 Å². The number of anilines is 1. The number of aryl methyl sites for hydroxylation is 1. The van der Waals surface area contributed by atoms with Crippen LogP contribution in [0.25, 0.3) is 0 Å². The van der Waals surface area contributed by atoms with E-state index in [-0.39, 0.29) is 11.3 Å². The van der Waals surface area contributed by atoms with Gasteiger partial charge >= 0.3 is 5.97 Å². The number of amides is 1. The molecule has 0 aromatic heterocycles. The van der Waals surface area contributed by atoms with Crippen molar-refractivity contribution in [3.63, 3.8) is 0 Å². The number of sulfone groups is 1. The Hall–Kier alpha value is -2.74. The van der Waals surface area contributed by atoms with Gasteiger partial charge in [-0.05, 0) is 48.4 Å². The molecule has 0 saturated heterocycles. The van der Waals surface area contributed by atoms with Gasteiger partial charge < -0.3 is 10.4 Å². The minimum atomic E-state index is -3.73. The molecule has 144 valence electrons. The third-order valence-corrected chi connectivity index (χ3v) is 5.84. The highest BCUT2D eigenvalue weighted by Gasteiger charge is 2.23. The Labute approximate surface area is 157 Å². The predicted molar refractivity (Wildman–Crippen MR) is 98.6 cm³/mol. The van der Waals surface area contributed by atoms with Crippen LogP contribution in [-0.4, -0.2) is 31.2 Å². The summed E-state index contributed by atoms with van der Waals surface area (Å²) in [7, 11) is -3.73. The zero-order valence-corrected chi connectivity index (χ0v) is 15.5. The maximum absolute atomic E-state index is 12.9. The molecule has 0 aliphatic carbocycles. The summed E-state index contributed by atoms with van der Waals surface area (Å²) in [5, 5.41) is 11.4. The van der Waals surface area contributed by atoms with Crippen molar-refractivity contribution in [1.29, 1.82) is 0 Å². The number of carboxylic acid groups (broad SMARTS) is 1. The summed E-state index contributed by atoms with van der Waals surface area (Å²) in [5.74, 6) is -3.17. The Morgan fingerprint density at radius 3 is 2.44 bits per heavy atom. The molecule has 1 atom stereocenters. The second-order valence-electron chi connectivity index (χ2n) is 6.22. The standard InChI is InChI=1S/C19H20FNO5S/c1-13(12-27(25,26)17-8-6-15(20)7-9-17)19(24)21-16-4-2-3-14(11-16)5-10-18(22)23/h2-4,6-9,11,13H,5,10,12H2,1H3,(H,21,24)(H,22,23). The number of hydrogen-bond acceptors (Lipinski definition) is 4. The molecule has 0 aliphatic rings. The zero-order chi connectivity index (χ0) is 20.0. The number of carboxylic acids is 1. The smallest absolute Gasteiger partial charge is 0.303 e. The second-order valence-corrected chi connectivity index (χ2v) is 8.25. The van der Waals surface area contributed by atoms with Crippen molar-refractivity contribution in [2.75, 3.05) is 11.1 Å². The molecule has 1 unspecified atom stereocenters. The average Bonchev–Trinajstić information content (AvgIpc) is 2.60. The summed E-state index contributed by atoms with van der Waals surface area (Å²) in [4.78, 5) is 22.9. The number of halogens is 1. The van der Waals surface area contributed by atoms with Crippen LogP contribution in [0.15, 0.2) is 53.4 Å². The van der Waals surface area contributed by atoms with Gasteiger partial charge in [-0.15, -0.1) is 0 Å². The Morgan fingerprint density at radius 2 is 1.81 bits per heavy atom. The first-order valence-corrected chi connectivity index (χ1v) is 9.92. The second kappa shape index (κ2) is 8.77. The Balaban J connectivity index is 2.02. The minimum absolute atomic E-state index is 0.0241. The lowest BCUT2D eigenvalue weighted by atomic mass is 10.1. The first-order valence-electron chi connectivity index (χ1n) is 8.27. The molecule has 27 heavy (non-hydrogen) atoms. The van der Waals surface area contributed by atoms with Crippen molar-refractivity contribution in [3.8, 4) is 0 Å². The largest absolute Gasteiger partial charge is 0.481 e. The molecule has 2 N–H and O–H groups in total. The number of carbonyl (C=O) groups is 2. The maximum atomic E-state index is 12.9. The van der Waals surface area contributed by atoms with Crippen molar-refractivity contribution in [3.05, 3.63) is 59.9 Å². The molecule has 0 fully saturated rings. The lowest BCUT2D eigenvalue weighted by Gasteiger charge is -2.13. The van der Waals surface area contributed by atoms with E-state index < -0.39 is 39.2 Å². The molecule has 0 radical (unpaired) electrons. The first-order chi connectivity index (χ1) is 12.7. The van der Waals surface area contributed by atoms with Crippen LogP contribution in [0.1, 0.15) is 18.9 Å². The topological polar surface area (TPSA) is 101 Å². The Kier molecular flexibility index (Phi) is 6.68. The van der Waals surface area contributed by atoms with Gasteiger partial charge in [-0.3, -0.25) is 9.59 Å². The summed E-state index contributed by atoms with van der Waals surface area (Å²) in [6.07, 6.45) is 0.303. The van der Waals surface area contributed by atoms with E-state index in [9.17, 15) is 22.4 Å². The molecule has 2 aromatic rings. The quantitative estimate of drug-likeness (QED) is 0.672. The number of hydrogen-bond donors (Lipinski definition) is 2. The van der Waals surface area contributed by atoms with Crippen LogP contribution in [0.3, 0.4) is 0 Å². The van der Waals surface area contributed by atoms with Crippen LogP contribution in [0.2, 0.25) is 0 Å². The SMILES string of the molecule is CC(CS(=O)(=O)c1ccc(F)cc1)C(=O)Nc1cccc(CCC(=O)O)c1. The van der Waals surface area contributed by atoms with E-state index >= 15 is 0 Å². The number of rotatable bonds is 8. The van der Waals surface area contributed by atoms with Crippen LogP contribution in [-0.2, 0) is 25.8 Å². The first kappa shape index (κ1) is 20.6. The highest BCUT2D eigenvalue weighted by atomic mass is 32.2. The Bertz CT molecular complexity index is 925. The number of carbonyl (C=O) groups excluding carboxylic acids is 1. The summed E-state index contributed by atoms with van der Waals surface area (Å²) < 4.78 is 37.7. The van der Waals surface area contributed by atoms with Crippen molar-refractivity contribution in [1.82, 2.24) is 0 Å². The van der Waals surface area contributed by atoms with Gasteiger partial charge in [0.05, 0.1) is 10.6 Å².